The van der Waals surface area contributed by atoms with Gasteiger partial charge in [0.2, 0.25) is 5.95 Å². The van der Waals surface area contributed by atoms with Gasteiger partial charge in [0.1, 0.15) is 0 Å². The average molecular weight is 613 g/mol. The zero-order valence-corrected chi connectivity index (χ0v) is 25.8. The fourth-order valence-electron chi connectivity index (χ4n) is 5.43. The first-order valence-electron chi connectivity index (χ1n) is 15.4. The van der Waals surface area contributed by atoms with Crippen molar-refractivity contribution in [2.75, 3.05) is 36.8 Å². The molecule has 1 saturated heterocycles. The molecule has 2 amide bonds. The Bertz CT molecular complexity index is 1780. The number of nitrogens with one attached hydrogen (secondary N) is 2. The van der Waals surface area contributed by atoms with Crippen LogP contribution in [0.3, 0.4) is 0 Å². The summed E-state index contributed by atoms with van der Waals surface area (Å²) >= 11 is 0. The third-order valence-electron chi connectivity index (χ3n) is 8.02. The van der Waals surface area contributed by atoms with E-state index < -0.39 is 0 Å². The Hall–Kier alpha value is -5.48. The first-order valence-corrected chi connectivity index (χ1v) is 15.4. The highest BCUT2D eigenvalue weighted by Crippen LogP contribution is 2.25. The number of nitrogens with zero attached hydrogens (tertiary/aromatic N) is 6. The molecule has 2 N–H and O–H groups in total. The lowest BCUT2D eigenvalue weighted by atomic mass is 10.1. The van der Waals surface area contributed by atoms with E-state index in [9.17, 15) is 9.59 Å². The van der Waals surface area contributed by atoms with Gasteiger partial charge < -0.3 is 20.4 Å². The van der Waals surface area contributed by atoms with Gasteiger partial charge in [-0.25, -0.2) is 9.97 Å². The number of benzene rings is 2. The Morgan fingerprint density at radius 3 is 2.39 bits per heavy atom. The number of hydrogen-bond acceptors (Lipinski definition) is 8. The minimum absolute atomic E-state index is 0.0490. The molecule has 232 valence electrons. The van der Waals surface area contributed by atoms with Crippen LogP contribution in [0.5, 0.6) is 0 Å². The summed E-state index contributed by atoms with van der Waals surface area (Å²) in [6.07, 6.45) is 10.9. The monoisotopic (exact) mass is 612 g/mol. The summed E-state index contributed by atoms with van der Waals surface area (Å²) < 4.78 is 0. The molecule has 2 aromatic carbocycles. The van der Waals surface area contributed by atoms with Crippen molar-refractivity contribution in [1.82, 2.24) is 29.7 Å². The van der Waals surface area contributed by atoms with Gasteiger partial charge in [-0.15, -0.1) is 0 Å². The van der Waals surface area contributed by atoms with Gasteiger partial charge in [0.05, 0.1) is 11.3 Å². The van der Waals surface area contributed by atoms with Crippen LogP contribution in [0.25, 0.3) is 11.3 Å². The maximum atomic E-state index is 13.4. The number of aryl methyl sites for hydroxylation is 1. The second kappa shape index (κ2) is 14.5. The molecule has 10 nitrogen and oxygen atoms in total. The highest BCUT2D eigenvalue weighted by atomic mass is 16.2. The van der Waals surface area contributed by atoms with Crippen molar-refractivity contribution in [2.24, 2.45) is 0 Å². The Morgan fingerprint density at radius 1 is 0.870 bits per heavy atom. The SMILES string of the molecule is Cc1ccc(NC(=O)c2ccc(CN(CCN3CCCC3)C(=O)c3cccnc3)cc2)cc1Nc1nccc(-c2cccnc2)n1. The van der Waals surface area contributed by atoms with Crippen molar-refractivity contribution in [2.45, 2.75) is 26.3 Å². The second-order valence-electron chi connectivity index (χ2n) is 11.3. The molecule has 0 spiro atoms. The molecule has 1 aliphatic rings. The molecule has 0 atom stereocenters. The number of carbonyl (C=O) groups excluding carboxylic acids is 2. The van der Waals surface area contributed by atoms with Gasteiger partial charge in [-0.1, -0.05) is 18.2 Å². The molecule has 0 saturated carbocycles. The van der Waals surface area contributed by atoms with E-state index in [-0.39, 0.29) is 11.8 Å². The summed E-state index contributed by atoms with van der Waals surface area (Å²) in [5.74, 6) is 0.167. The van der Waals surface area contributed by atoms with Crippen molar-refractivity contribution in [3.63, 3.8) is 0 Å². The maximum absolute atomic E-state index is 13.4. The summed E-state index contributed by atoms with van der Waals surface area (Å²) in [4.78, 5) is 48.1. The molecule has 1 aliphatic heterocycles. The van der Waals surface area contributed by atoms with Gasteiger partial charge in [0.15, 0.2) is 0 Å². The van der Waals surface area contributed by atoms with Crippen molar-refractivity contribution in [3.8, 4) is 11.3 Å². The van der Waals surface area contributed by atoms with E-state index in [0.717, 1.165) is 47.7 Å². The highest BCUT2D eigenvalue weighted by Gasteiger charge is 2.19. The first-order chi connectivity index (χ1) is 22.5. The molecule has 3 aromatic heterocycles. The predicted molar refractivity (Wildman–Crippen MR) is 179 cm³/mol. The van der Waals surface area contributed by atoms with Gasteiger partial charge in [-0.3, -0.25) is 19.6 Å². The average Bonchev–Trinajstić information content (AvgIpc) is 3.63. The molecular weight excluding hydrogens is 576 g/mol. The van der Waals surface area contributed by atoms with Crippen molar-refractivity contribution in [3.05, 3.63) is 126 Å². The summed E-state index contributed by atoms with van der Waals surface area (Å²) in [5.41, 5.74) is 6.09. The van der Waals surface area contributed by atoms with E-state index in [1.165, 1.54) is 12.8 Å². The lowest BCUT2D eigenvalue weighted by Gasteiger charge is -2.26. The number of carbonyl (C=O) groups is 2. The normalized spacial score (nSPS) is 12.9. The summed E-state index contributed by atoms with van der Waals surface area (Å²) in [6, 6.07) is 22.3. The maximum Gasteiger partial charge on any atom is 0.255 e. The Morgan fingerprint density at radius 2 is 1.65 bits per heavy atom. The predicted octanol–water partition coefficient (Wildman–Crippen LogP) is 5.98. The zero-order chi connectivity index (χ0) is 31.7. The lowest BCUT2D eigenvalue weighted by molar-refractivity contribution is 0.0726. The van der Waals surface area contributed by atoms with Crippen LogP contribution in [0.15, 0.2) is 104 Å². The third-order valence-corrected chi connectivity index (χ3v) is 8.02. The highest BCUT2D eigenvalue weighted by molar-refractivity contribution is 6.04. The van der Waals surface area contributed by atoms with E-state index >= 15 is 0 Å². The fourth-order valence-corrected chi connectivity index (χ4v) is 5.43. The Labute approximate surface area is 268 Å². The number of anilines is 3. The molecule has 10 heteroatoms. The summed E-state index contributed by atoms with van der Waals surface area (Å²) in [6.45, 7) is 6.03. The Balaban J connectivity index is 1.11. The standard InChI is InChI=1S/C36H36N8O2/c1-26-8-13-31(22-33(26)42-36-39-17-14-32(41-36)29-6-4-15-37-23-29)40-34(45)28-11-9-27(10-12-28)25-44(21-20-43-18-2-3-19-43)35(46)30-7-5-16-38-24-30/h4-17,22-24H,2-3,18-21,25H2,1H3,(H,40,45)(H,39,41,42). The van der Waals surface area contributed by atoms with Crippen LogP contribution in [0, 0.1) is 6.92 Å². The van der Waals surface area contributed by atoms with Crippen molar-refractivity contribution >= 4 is 29.1 Å². The van der Waals surface area contributed by atoms with Crippen LogP contribution < -0.4 is 10.6 Å². The number of hydrogen-bond donors (Lipinski definition) is 2. The quantitative estimate of drug-likeness (QED) is 0.187. The molecule has 4 heterocycles. The number of likely N-dealkylation sites (tertiary alicyclic amines) is 1. The van der Waals surface area contributed by atoms with Gasteiger partial charge in [0, 0.05) is 73.1 Å². The van der Waals surface area contributed by atoms with Crippen molar-refractivity contribution in [1.29, 1.82) is 0 Å². The van der Waals surface area contributed by atoms with Crippen LogP contribution in [0.1, 0.15) is 44.7 Å². The smallest absolute Gasteiger partial charge is 0.255 e. The number of aromatic nitrogens is 4. The molecule has 5 aromatic rings. The summed E-state index contributed by atoms with van der Waals surface area (Å²) in [7, 11) is 0. The van der Waals surface area contributed by atoms with E-state index in [2.05, 4.69) is 35.5 Å². The number of pyridine rings is 2. The van der Waals surface area contributed by atoms with E-state index in [0.29, 0.717) is 35.9 Å². The second-order valence-corrected chi connectivity index (χ2v) is 11.3. The van der Waals surface area contributed by atoms with Crippen LogP contribution in [-0.4, -0.2) is 67.7 Å². The third kappa shape index (κ3) is 7.77. The first kappa shape index (κ1) is 30.5. The van der Waals surface area contributed by atoms with Crippen LogP contribution in [-0.2, 0) is 6.54 Å². The van der Waals surface area contributed by atoms with E-state index in [4.69, 9.17) is 0 Å². The number of amides is 2. The molecule has 0 bridgehead atoms. The van der Waals surface area contributed by atoms with Crippen molar-refractivity contribution < 1.29 is 9.59 Å². The molecule has 0 radical (unpaired) electrons. The minimum Gasteiger partial charge on any atom is -0.333 e. The fraction of sp³-hybridized carbons (Fsp3) is 0.222. The number of rotatable bonds is 11. The van der Waals surface area contributed by atoms with Crippen LogP contribution in [0.4, 0.5) is 17.3 Å². The molecule has 0 unspecified atom stereocenters. The largest absolute Gasteiger partial charge is 0.333 e. The summed E-state index contributed by atoms with van der Waals surface area (Å²) in [5, 5.41) is 6.27. The molecular formula is C36H36N8O2. The van der Waals surface area contributed by atoms with Gasteiger partial charge >= 0.3 is 0 Å². The van der Waals surface area contributed by atoms with Gasteiger partial charge in [-0.2, -0.15) is 0 Å². The molecule has 1 fully saturated rings. The topological polar surface area (TPSA) is 116 Å². The van der Waals surface area contributed by atoms with Crippen LogP contribution >= 0.6 is 0 Å². The molecule has 46 heavy (non-hydrogen) atoms. The van der Waals surface area contributed by atoms with Crippen LogP contribution in [0.2, 0.25) is 0 Å². The molecule has 6 rings (SSSR count). The van der Waals surface area contributed by atoms with Gasteiger partial charge in [0.25, 0.3) is 11.8 Å². The zero-order valence-electron chi connectivity index (χ0n) is 25.8. The van der Waals surface area contributed by atoms with E-state index in [1.54, 1.807) is 55.2 Å². The molecule has 0 aliphatic carbocycles. The Kier molecular flexibility index (Phi) is 9.65. The van der Waals surface area contributed by atoms with Gasteiger partial charge in [-0.05, 0) is 98.6 Å². The minimum atomic E-state index is -0.228. The van der Waals surface area contributed by atoms with E-state index in [1.807, 2.05) is 60.4 Å². The lowest BCUT2D eigenvalue weighted by Crippen LogP contribution is -2.37.